The van der Waals surface area contributed by atoms with Crippen molar-refractivity contribution in [2.75, 3.05) is 25.0 Å². The summed E-state index contributed by atoms with van der Waals surface area (Å²) >= 11 is 0. The molecule has 2 aromatic rings. The molecule has 0 unspecified atom stereocenters. The molecule has 0 saturated heterocycles. The van der Waals surface area contributed by atoms with Crippen molar-refractivity contribution in [2.45, 2.75) is 24.8 Å². The monoisotopic (exact) mass is 373 g/mol. The lowest BCUT2D eigenvalue weighted by Crippen LogP contribution is -2.37. The highest BCUT2D eigenvalue weighted by Crippen LogP contribution is 2.18. The summed E-state index contributed by atoms with van der Waals surface area (Å²) in [6, 6.07) is 14.5. The third kappa shape index (κ3) is 4.69. The van der Waals surface area contributed by atoms with Crippen LogP contribution in [0, 0.1) is 0 Å². The number of nitrogens with one attached hydrogen (secondary N) is 2. The van der Waals surface area contributed by atoms with Crippen LogP contribution in [0.4, 0.5) is 5.69 Å². The summed E-state index contributed by atoms with van der Waals surface area (Å²) in [6.07, 6.45) is 0.994. The Morgan fingerprint density at radius 2 is 1.77 bits per heavy atom. The van der Waals surface area contributed by atoms with Gasteiger partial charge in [0.1, 0.15) is 0 Å². The fourth-order valence-electron chi connectivity index (χ4n) is 3.09. The molecule has 0 spiro atoms. The van der Waals surface area contributed by atoms with E-state index in [0.717, 1.165) is 19.5 Å². The van der Waals surface area contributed by atoms with Gasteiger partial charge in [-0.2, -0.15) is 0 Å². The molecule has 0 saturated carbocycles. The number of hydrogen-bond acceptors (Lipinski definition) is 4. The number of benzene rings is 2. The number of rotatable bonds is 6. The zero-order valence-corrected chi connectivity index (χ0v) is 15.6. The van der Waals surface area contributed by atoms with Gasteiger partial charge in [0.25, 0.3) is 0 Å². The highest BCUT2D eigenvalue weighted by Gasteiger charge is 2.17. The molecule has 0 fully saturated rings. The molecule has 138 valence electrons. The van der Waals surface area contributed by atoms with Crippen LogP contribution in [0.5, 0.6) is 0 Å². The van der Waals surface area contributed by atoms with Crippen molar-refractivity contribution < 1.29 is 13.2 Å². The average molecular weight is 373 g/mol. The number of carbonyl (C=O) groups is 1. The Balaban J connectivity index is 1.53. The predicted octanol–water partition coefficient (Wildman–Crippen LogP) is 1.98. The molecule has 1 amide bonds. The standard InChI is InChI=1S/C19H23N3O3S/c1-15(23)21-18-6-8-19(9-7-18)26(24,25)20-11-13-22-12-10-16-4-2-3-5-17(16)14-22/h2-9,20H,10-14H2,1H3,(H,21,23). The molecule has 0 bridgehead atoms. The average Bonchev–Trinajstić information content (AvgIpc) is 2.61. The van der Waals surface area contributed by atoms with Crippen molar-refractivity contribution >= 4 is 21.6 Å². The highest BCUT2D eigenvalue weighted by atomic mass is 32.2. The fourth-order valence-corrected chi connectivity index (χ4v) is 4.11. The van der Waals surface area contributed by atoms with Gasteiger partial charge in [-0.15, -0.1) is 0 Å². The largest absolute Gasteiger partial charge is 0.326 e. The van der Waals surface area contributed by atoms with Crippen LogP contribution >= 0.6 is 0 Å². The molecule has 7 heteroatoms. The van der Waals surface area contributed by atoms with Crippen LogP contribution in [-0.2, 0) is 27.8 Å². The Hall–Kier alpha value is -2.22. The van der Waals surface area contributed by atoms with E-state index in [2.05, 4.69) is 33.1 Å². The molecule has 1 aliphatic heterocycles. The van der Waals surface area contributed by atoms with Crippen molar-refractivity contribution in [1.82, 2.24) is 9.62 Å². The third-order valence-corrected chi connectivity index (χ3v) is 5.89. The van der Waals surface area contributed by atoms with Gasteiger partial charge in [0, 0.05) is 38.8 Å². The first-order valence-corrected chi connectivity index (χ1v) is 10.1. The van der Waals surface area contributed by atoms with E-state index < -0.39 is 10.0 Å². The van der Waals surface area contributed by atoms with Crippen LogP contribution in [0.15, 0.2) is 53.4 Å². The summed E-state index contributed by atoms with van der Waals surface area (Å²) in [4.78, 5) is 13.5. The van der Waals surface area contributed by atoms with Crippen LogP contribution in [0.2, 0.25) is 0 Å². The zero-order chi connectivity index (χ0) is 18.6. The lowest BCUT2D eigenvalue weighted by atomic mass is 10.0. The zero-order valence-electron chi connectivity index (χ0n) is 14.7. The van der Waals surface area contributed by atoms with E-state index in [-0.39, 0.29) is 10.8 Å². The van der Waals surface area contributed by atoms with Gasteiger partial charge in [-0.25, -0.2) is 13.1 Å². The first-order valence-electron chi connectivity index (χ1n) is 8.60. The summed E-state index contributed by atoms with van der Waals surface area (Å²) in [6.45, 7) is 4.22. The number of fused-ring (bicyclic) bond motifs is 1. The van der Waals surface area contributed by atoms with Crippen molar-refractivity contribution in [1.29, 1.82) is 0 Å². The van der Waals surface area contributed by atoms with Gasteiger partial charge in [-0.05, 0) is 41.8 Å². The molecular weight excluding hydrogens is 350 g/mol. The minimum absolute atomic E-state index is 0.190. The molecule has 2 N–H and O–H groups in total. The third-order valence-electron chi connectivity index (χ3n) is 4.41. The topological polar surface area (TPSA) is 78.5 Å². The quantitative estimate of drug-likeness (QED) is 0.812. The maximum atomic E-state index is 12.4. The summed E-state index contributed by atoms with van der Waals surface area (Å²) in [5.74, 6) is -0.193. The summed E-state index contributed by atoms with van der Waals surface area (Å²) in [7, 11) is -3.56. The number of carbonyl (C=O) groups excluding carboxylic acids is 1. The first-order chi connectivity index (χ1) is 12.4. The molecule has 1 heterocycles. The van der Waals surface area contributed by atoms with E-state index in [9.17, 15) is 13.2 Å². The summed E-state index contributed by atoms with van der Waals surface area (Å²) in [5, 5.41) is 2.62. The van der Waals surface area contributed by atoms with Crippen LogP contribution in [0.25, 0.3) is 0 Å². The second-order valence-corrected chi connectivity index (χ2v) is 8.17. The minimum atomic E-state index is -3.56. The molecule has 0 radical (unpaired) electrons. The molecular formula is C19H23N3O3S. The number of hydrogen-bond donors (Lipinski definition) is 2. The Morgan fingerprint density at radius 1 is 1.08 bits per heavy atom. The Labute approximate surface area is 154 Å². The molecule has 0 atom stereocenters. The van der Waals surface area contributed by atoms with Gasteiger partial charge in [0.05, 0.1) is 4.90 Å². The SMILES string of the molecule is CC(=O)Nc1ccc(S(=O)(=O)NCCN2CCc3ccccc3C2)cc1. The van der Waals surface area contributed by atoms with E-state index in [0.29, 0.717) is 18.8 Å². The maximum absolute atomic E-state index is 12.4. The lowest BCUT2D eigenvalue weighted by molar-refractivity contribution is -0.114. The lowest BCUT2D eigenvalue weighted by Gasteiger charge is -2.28. The van der Waals surface area contributed by atoms with Gasteiger partial charge in [0.15, 0.2) is 0 Å². The number of nitrogens with zero attached hydrogens (tertiary/aromatic N) is 1. The van der Waals surface area contributed by atoms with Crippen LogP contribution in [0.1, 0.15) is 18.1 Å². The van der Waals surface area contributed by atoms with E-state index in [1.807, 2.05) is 6.07 Å². The van der Waals surface area contributed by atoms with Gasteiger partial charge in [0.2, 0.25) is 15.9 Å². The van der Waals surface area contributed by atoms with Crippen LogP contribution in [-0.4, -0.2) is 38.9 Å². The number of anilines is 1. The fraction of sp³-hybridized carbons (Fsp3) is 0.316. The van der Waals surface area contributed by atoms with Gasteiger partial charge >= 0.3 is 0 Å². The van der Waals surface area contributed by atoms with Crippen LogP contribution < -0.4 is 10.0 Å². The van der Waals surface area contributed by atoms with Crippen molar-refractivity contribution in [3.8, 4) is 0 Å². The van der Waals surface area contributed by atoms with Crippen molar-refractivity contribution in [3.05, 3.63) is 59.7 Å². The Bertz CT molecular complexity index is 879. The van der Waals surface area contributed by atoms with Gasteiger partial charge in [-0.1, -0.05) is 24.3 Å². The Kier molecular flexibility index (Phi) is 5.70. The highest BCUT2D eigenvalue weighted by molar-refractivity contribution is 7.89. The number of amides is 1. The van der Waals surface area contributed by atoms with Crippen molar-refractivity contribution in [2.24, 2.45) is 0 Å². The normalized spacial score (nSPS) is 14.7. The Morgan fingerprint density at radius 3 is 2.46 bits per heavy atom. The van der Waals surface area contributed by atoms with Crippen molar-refractivity contribution in [3.63, 3.8) is 0 Å². The molecule has 0 aliphatic carbocycles. The predicted molar refractivity (Wildman–Crippen MR) is 101 cm³/mol. The molecule has 26 heavy (non-hydrogen) atoms. The summed E-state index contributed by atoms with van der Waals surface area (Å²) in [5.41, 5.74) is 3.27. The van der Waals surface area contributed by atoms with E-state index >= 15 is 0 Å². The number of sulfonamides is 1. The molecule has 6 nitrogen and oxygen atoms in total. The minimum Gasteiger partial charge on any atom is -0.326 e. The molecule has 2 aromatic carbocycles. The first kappa shape index (κ1) is 18.6. The van der Waals surface area contributed by atoms with Gasteiger partial charge < -0.3 is 5.32 Å². The van der Waals surface area contributed by atoms with Gasteiger partial charge in [-0.3, -0.25) is 9.69 Å². The molecule has 1 aliphatic rings. The van der Waals surface area contributed by atoms with E-state index in [4.69, 9.17) is 0 Å². The second kappa shape index (κ2) is 7.99. The maximum Gasteiger partial charge on any atom is 0.240 e. The second-order valence-electron chi connectivity index (χ2n) is 6.40. The molecule has 3 rings (SSSR count). The van der Waals surface area contributed by atoms with E-state index in [1.165, 1.54) is 30.2 Å². The molecule has 0 aromatic heterocycles. The van der Waals surface area contributed by atoms with E-state index in [1.54, 1.807) is 12.1 Å². The smallest absolute Gasteiger partial charge is 0.240 e. The summed E-state index contributed by atoms with van der Waals surface area (Å²) < 4.78 is 27.4. The van der Waals surface area contributed by atoms with Crippen LogP contribution in [0.3, 0.4) is 0 Å².